The van der Waals surface area contributed by atoms with E-state index in [0.29, 0.717) is 17.8 Å². The van der Waals surface area contributed by atoms with Crippen LogP contribution < -0.4 is 0 Å². The highest BCUT2D eigenvalue weighted by molar-refractivity contribution is 6.75. The van der Waals surface area contributed by atoms with Gasteiger partial charge in [-0.05, 0) is 12.8 Å². The number of aromatic amines is 1. The van der Waals surface area contributed by atoms with E-state index in [0.717, 1.165) is 12.8 Å². The molecule has 3 nitrogen and oxygen atoms in total. The first-order valence-corrected chi connectivity index (χ1v) is 6.54. The fourth-order valence-corrected chi connectivity index (χ4v) is 1.75. The second-order valence-electron chi connectivity index (χ2n) is 3.31. The maximum atomic E-state index is 6.02. The SMILES string of the molecule is CCCCc1nn[nH]c1C(Cl)(Cl)C(Cl)(Cl)Cl. The standard InChI is InChI=1S/C8H10Cl5N3/c1-2-3-4-5-6(15-16-14-5)7(9,10)8(11,12)13/h2-4H2,1H3,(H,14,15,16). The molecule has 0 amide bonds. The maximum absolute atomic E-state index is 6.02. The molecule has 0 aromatic carbocycles. The Labute approximate surface area is 119 Å². The Balaban J connectivity index is 2.99. The van der Waals surface area contributed by atoms with Crippen molar-refractivity contribution in [3.8, 4) is 0 Å². The van der Waals surface area contributed by atoms with Gasteiger partial charge in [-0.3, -0.25) is 5.10 Å². The Morgan fingerprint density at radius 2 is 1.81 bits per heavy atom. The van der Waals surface area contributed by atoms with Gasteiger partial charge >= 0.3 is 0 Å². The third-order valence-corrected chi connectivity index (χ3v) is 4.43. The molecular weight excluding hydrogens is 315 g/mol. The predicted octanol–water partition coefficient (Wildman–Crippen LogP) is 4.15. The second kappa shape index (κ2) is 5.49. The average molecular weight is 325 g/mol. The Kier molecular flexibility index (Phi) is 5.03. The number of H-pyrrole nitrogens is 1. The molecular formula is C8H10Cl5N3. The molecule has 1 aromatic rings. The lowest BCUT2D eigenvalue weighted by Gasteiger charge is -2.26. The van der Waals surface area contributed by atoms with Crippen LogP contribution in [0.2, 0.25) is 0 Å². The third-order valence-electron chi connectivity index (χ3n) is 2.06. The number of alkyl halides is 5. The summed E-state index contributed by atoms with van der Waals surface area (Å²) in [6, 6.07) is 0. The molecule has 0 saturated heterocycles. The van der Waals surface area contributed by atoms with Gasteiger partial charge in [0.2, 0.25) is 8.13 Å². The van der Waals surface area contributed by atoms with Crippen molar-refractivity contribution < 1.29 is 0 Å². The molecule has 8 heteroatoms. The van der Waals surface area contributed by atoms with Gasteiger partial charge in [-0.15, -0.1) is 5.10 Å². The number of halogens is 5. The van der Waals surface area contributed by atoms with Crippen LogP contribution in [-0.4, -0.2) is 19.2 Å². The monoisotopic (exact) mass is 323 g/mol. The smallest absolute Gasteiger partial charge is 0.228 e. The quantitative estimate of drug-likeness (QED) is 0.845. The van der Waals surface area contributed by atoms with Crippen LogP contribution in [-0.2, 0) is 10.8 Å². The van der Waals surface area contributed by atoms with Crippen molar-refractivity contribution >= 4 is 58.0 Å². The molecule has 0 saturated carbocycles. The molecule has 0 bridgehead atoms. The molecule has 1 aromatic heterocycles. The maximum Gasteiger partial charge on any atom is 0.228 e. The molecule has 0 radical (unpaired) electrons. The predicted molar refractivity (Wildman–Crippen MR) is 68.7 cm³/mol. The van der Waals surface area contributed by atoms with Gasteiger partial charge in [-0.1, -0.05) is 76.6 Å². The number of hydrogen-bond donors (Lipinski definition) is 1. The number of nitrogens with zero attached hydrogens (tertiary/aromatic N) is 2. The van der Waals surface area contributed by atoms with Crippen LogP contribution in [0.1, 0.15) is 31.2 Å². The molecule has 1 N–H and O–H groups in total. The van der Waals surface area contributed by atoms with Gasteiger partial charge in [0, 0.05) is 0 Å². The van der Waals surface area contributed by atoms with Gasteiger partial charge in [0.05, 0.1) is 11.4 Å². The summed E-state index contributed by atoms with van der Waals surface area (Å²) in [6.07, 6.45) is 2.63. The van der Waals surface area contributed by atoms with E-state index in [1.807, 2.05) is 0 Å². The van der Waals surface area contributed by atoms with Crippen molar-refractivity contribution in [1.82, 2.24) is 15.4 Å². The molecule has 0 fully saturated rings. The van der Waals surface area contributed by atoms with Gasteiger partial charge in [0.1, 0.15) is 0 Å². The molecule has 92 valence electrons. The fraction of sp³-hybridized carbons (Fsp3) is 0.750. The number of rotatable bonds is 4. The molecule has 0 unspecified atom stereocenters. The third kappa shape index (κ3) is 3.08. The van der Waals surface area contributed by atoms with Crippen LogP contribution in [0.15, 0.2) is 0 Å². The zero-order valence-electron chi connectivity index (χ0n) is 8.41. The average Bonchev–Trinajstić information content (AvgIpc) is 2.61. The lowest BCUT2D eigenvalue weighted by atomic mass is 10.1. The lowest BCUT2D eigenvalue weighted by molar-refractivity contribution is 0.750. The summed E-state index contributed by atoms with van der Waals surface area (Å²) in [5, 5.41) is 10.1. The molecule has 1 rings (SSSR count). The molecule has 16 heavy (non-hydrogen) atoms. The summed E-state index contributed by atoms with van der Waals surface area (Å²) in [4.78, 5) is 0. The Morgan fingerprint density at radius 3 is 2.31 bits per heavy atom. The normalized spacial score (nSPS) is 13.1. The summed E-state index contributed by atoms with van der Waals surface area (Å²) >= 11 is 29.2. The number of nitrogens with one attached hydrogen (secondary N) is 1. The van der Waals surface area contributed by atoms with Crippen LogP contribution in [0.4, 0.5) is 0 Å². The molecule has 0 aliphatic carbocycles. The topological polar surface area (TPSA) is 41.6 Å². The fourth-order valence-electron chi connectivity index (χ4n) is 1.16. The summed E-state index contributed by atoms with van der Waals surface area (Å²) in [6.45, 7) is 2.06. The van der Waals surface area contributed by atoms with Crippen molar-refractivity contribution in [2.24, 2.45) is 0 Å². The molecule has 1 heterocycles. The van der Waals surface area contributed by atoms with Crippen molar-refractivity contribution in [1.29, 1.82) is 0 Å². The van der Waals surface area contributed by atoms with Crippen LogP contribution in [0.25, 0.3) is 0 Å². The number of aromatic nitrogens is 3. The minimum absolute atomic E-state index is 0.337. The summed E-state index contributed by atoms with van der Waals surface area (Å²) in [5.41, 5.74) is 0.961. The van der Waals surface area contributed by atoms with E-state index in [2.05, 4.69) is 22.3 Å². The summed E-state index contributed by atoms with van der Waals surface area (Å²) in [5.74, 6) is 0. The zero-order chi connectivity index (χ0) is 12.4. The minimum Gasteiger partial charge on any atom is -0.259 e. The highest BCUT2D eigenvalue weighted by Gasteiger charge is 2.50. The first-order valence-electron chi connectivity index (χ1n) is 4.65. The zero-order valence-corrected chi connectivity index (χ0v) is 12.2. The first-order chi connectivity index (χ1) is 7.30. The van der Waals surface area contributed by atoms with Gasteiger partial charge in [0.25, 0.3) is 0 Å². The van der Waals surface area contributed by atoms with Crippen molar-refractivity contribution in [2.75, 3.05) is 0 Å². The first kappa shape index (κ1) is 14.7. The van der Waals surface area contributed by atoms with Gasteiger partial charge < -0.3 is 0 Å². The van der Waals surface area contributed by atoms with Gasteiger partial charge in [-0.25, -0.2) is 0 Å². The summed E-state index contributed by atoms with van der Waals surface area (Å²) < 4.78 is -3.55. The van der Waals surface area contributed by atoms with Crippen LogP contribution in [0.5, 0.6) is 0 Å². The van der Waals surface area contributed by atoms with Gasteiger partial charge in [0.15, 0.2) is 0 Å². The highest BCUT2D eigenvalue weighted by Crippen LogP contribution is 2.52. The van der Waals surface area contributed by atoms with E-state index < -0.39 is 8.13 Å². The molecule has 0 spiro atoms. The second-order valence-corrected chi connectivity index (χ2v) is 6.92. The van der Waals surface area contributed by atoms with E-state index in [4.69, 9.17) is 58.0 Å². The van der Waals surface area contributed by atoms with Crippen molar-refractivity contribution in [3.05, 3.63) is 11.4 Å². The van der Waals surface area contributed by atoms with E-state index in [1.54, 1.807) is 0 Å². The lowest BCUT2D eigenvalue weighted by Crippen LogP contribution is -2.30. The Bertz CT molecular complexity index is 344. The Morgan fingerprint density at radius 1 is 1.19 bits per heavy atom. The van der Waals surface area contributed by atoms with E-state index in [1.165, 1.54) is 0 Å². The number of hydrogen-bond acceptors (Lipinski definition) is 2. The van der Waals surface area contributed by atoms with Gasteiger partial charge in [-0.2, -0.15) is 0 Å². The molecule has 0 aliphatic rings. The molecule has 0 atom stereocenters. The van der Waals surface area contributed by atoms with Crippen molar-refractivity contribution in [2.45, 2.75) is 34.3 Å². The molecule has 0 aliphatic heterocycles. The Hall–Kier alpha value is 0.590. The van der Waals surface area contributed by atoms with Crippen LogP contribution in [0, 0.1) is 0 Å². The van der Waals surface area contributed by atoms with E-state index >= 15 is 0 Å². The summed E-state index contributed by atoms with van der Waals surface area (Å²) in [7, 11) is 0. The van der Waals surface area contributed by atoms with E-state index in [9.17, 15) is 0 Å². The van der Waals surface area contributed by atoms with Crippen LogP contribution in [0.3, 0.4) is 0 Å². The van der Waals surface area contributed by atoms with Crippen molar-refractivity contribution in [3.63, 3.8) is 0 Å². The van der Waals surface area contributed by atoms with E-state index in [-0.39, 0.29) is 0 Å². The number of aryl methyl sites for hydroxylation is 1. The number of unbranched alkanes of at least 4 members (excludes halogenated alkanes) is 1. The highest BCUT2D eigenvalue weighted by atomic mass is 35.6. The minimum atomic E-state index is -1.86. The largest absolute Gasteiger partial charge is 0.259 e. The van der Waals surface area contributed by atoms with Crippen LogP contribution >= 0.6 is 58.0 Å².